The molecule has 1 amide bonds. The van der Waals surface area contributed by atoms with E-state index in [1.54, 1.807) is 6.07 Å². The maximum atomic E-state index is 12.6. The van der Waals surface area contributed by atoms with E-state index < -0.39 is 22.3 Å². The average molecular weight is 573 g/mol. The van der Waals surface area contributed by atoms with Crippen molar-refractivity contribution in [2.45, 2.75) is 52.4 Å². The van der Waals surface area contributed by atoms with Gasteiger partial charge >= 0.3 is 6.36 Å². The molecule has 1 aliphatic carbocycles. The topological polar surface area (TPSA) is 102 Å². The number of aromatic nitrogens is 2. The van der Waals surface area contributed by atoms with Crippen LogP contribution in [0.5, 0.6) is 5.75 Å². The van der Waals surface area contributed by atoms with Crippen molar-refractivity contribution in [2.75, 3.05) is 11.6 Å². The Morgan fingerprint density at radius 1 is 1.18 bits per heavy atom. The molecule has 3 aromatic rings. The van der Waals surface area contributed by atoms with Gasteiger partial charge in [0.05, 0.1) is 27.9 Å². The van der Waals surface area contributed by atoms with Crippen LogP contribution in [0.1, 0.15) is 56.4 Å². The molecule has 38 heavy (non-hydrogen) atoms. The summed E-state index contributed by atoms with van der Waals surface area (Å²) >= 11 is 6.44. The molecular weight excluding hydrogens is 545 g/mol. The SMILES string of the molecule is C[C@H]1C[C@@H](n2c(Nc3ccc(OC(F)(F)F)cc3)nc3cc(C(=O)NS(C)(=O)=O)c(Cl)cc32)CC(C)(C)C1. The minimum atomic E-state index is -4.80. The summed E-state index contributed by atoms with van der Waals surface area (Å²) in [5, 5.41) is 3.23. The highest BCUT2D eigenvalue weighted by Gasteiger charge is 2.35. The molecule has 0 unspecified atom stereocenters. The zero-order valence-electron chi connectivity index (χ0n) is 21.2. The highest BCUT2D eigenvalue weighted by atomic mass is 35.5. The van der Waals surface area contributed by atoms with Gasteiger partial charge in [-0.3, -0.25) is 4.79 Å². The van der Waals surface area contributed by atoms with E-state index >= 15 is 0 Å². The molecule has 0 saturated heterocycles. The van der Waals surface area contributed by atoms with Crippen molar-refractivity contribution in [3.8, 4) is 5.75 Å². The number of hydrogen-bond donors (Lipinski definition) is 2. The number of sulfonamides is 1. The quantitative estimate of drug-likeness (QED) is 0.354. The van der Waals surface area contributed by atoms with Gasteiger partial charge in [-0.15, -0.1) is 13.2 Å². The number of amides is 1. The minimum Gasteiger partial charge on any atom is -0.406 e. The molecule has 0 radical (unpaired) electrons. The van der Waals surface area contributed by atoms with Gasteiger partial charge in [-0.1, -0.05) is 32.4 Å². The minimum absolute atomic E-state index is 0.0147. The number of fused-ring (bicyclic) bond motifs is 1. The van der Waals surface area contributed by atoms with Gasteiger partial charge in [0.2, 0.25) is 16.0 Å². The molecule has 1 fully saturated rings. The van der Waals surface area contributed by atoms with E-state index in [9.17, 15) is 26.4 Å². The second-order valence-corrected chi connectivity index (χ2v) is 12.7. The van der Waals surface area contributed by atoms with Crippen LogP contribution in [0.3, 0.4) is 0 Å². The number of imidazole rings is 1. The summed E-state index contributed by atoms with van der Waals surface area (Å²) in [7, 11) is -3.81. The molecule has 0 spiro atoms. The lowest BCUT2D eigenvalue weighted by molar-refractivity contribution is -0.274. The maximum absolute atomic E-state index is 12.6. The van der Waals surface area contributed by atoms with Crippen LogP contribution in [-0.4, -0.2) is 36.5 Å². The summed E-state index contributed by atoms with van der Waals surface area (Å²) < 4.78 is 68.7. The van der Waals surface area contributed by atoms with Gasteiger partial charge < -0.3 is 14.6 Å². The van der Waals surface area contributed by atoms with Gasteiger partial charge in [-0.05, 0) is 67.0 Å². The lowest BCUT2D eigenvalue weighted by Gasteiger charge is -2.40. The Hall–Kier alpha value is -2.99. The highest BCUT2D eigenvalue weighted by Crippen LogP contribution is 2.46. The number of halogens is 4. The summed E-state index contributed by atoms with van der Waals surface area (Å²) in [4.78, 5) is 17.2. The van der Waals surface area contributed by atoms with E-state index in [0.29, 0.717) is 28.6 Å². The molecule has 0 bridgehead atoms. The molecule has 2 aromatic carbocycles. The van der Waals surface area contributed by atoms with Crippen LogP contribution in [0.2, 0.25) is 5.02 Å². The zero-order chi connectivity index (χ0) is 28.0. The van der Waals surface area contributed by atoms with Crippen LogP contribution >= 0.6 is 11.6 Å². The molecule has 13 heteroatoms. The Labute approximate surface area is 223 Å². The lowest BCUT2D eigenvalue weighted by Crippen LogP contribution is -2.30. The number of carbonyl (C=O) groups excluding carboxylic acids is 1. The molecule has 1 heterocycles. The summed E-state index contributed by atoms with van der Waals surface area (Å²) in [6, 6.07) is 8.29. The fourth-order valence-electron chi connectivity index (χ4n) is 5.33. The fraction of sp³-hybridized carbons (Fsp3) is 0.440. The summed E-state index contributed by atoms with van der Waals surface area (Å²) in [5.41, 5.74) is 1.52. The second kappa shape index (κ2) is 9.96. The normalized spacial score (nSPS) is 19.8. The lowest BCUT2D eigenvalue weighted by atomic mass is 9.70. The second-order valence-electron chi connectivity index (χ2n) is 10.6. The maximum Gasteiger partial charge on any atom is 0.573 e. The van der Waals surface area contributed by atoms with Crippen molar-refractivity contribution >= 4 is 50.2 Å². The van der Waals surface area contributed by atoms with Crippen molar-refractivity contribution in [3.05, 3.63) is 47.0 Å². The summed E-state index contributed by atoms with van der Waals surface area (Å²) in [6.45, 7) is 6.57. The van der Waals surface area contributed by atoms with Crippen LogP contribution in [-0.2, 0) is 10.0 Å². The number of benzene rings is 2. The Morgan fingerprint density at radius 3 is 2.42 bits per heavy atom. The fourth-order valence-corrected chi connectivity index (χ4v) is 6.02. The van der Waals surface area contributed by atoms with Crippen molar-refractivity contribution in [1.29, 1.82) is 0 Å². The average Bonchev–Trinajstić information content (AvgIpc) is 3.07. The first-order valence-electron chi connectivity index (χ1n) is 11.9. The Kier molecular flexibility index (Phi) is 7.34. The smallest absolute Gasteiger partial charge is 0.406 e. The van der Waals surface area contributed by atoms with E-state index in [1.807, 2.05) is 9.29 Å². The molecule has 206 valence electrons. The molecule has 1 aromatic heterocycles. The summed E-state index contributed by atoms with van der Waals surface area (Å²) in [6.07, 6.45) is -1.19. The highest BCUT2D eigenvalue weighted by molar-refractivity contribution is 7.89. The Balaban J connectivity index is 1.78. The van der Waals surface area contributed by atoms with E-state index in [2.05, 4.69) is 35.8 Å². The third-order valence-electron chi connectivity index (χ3n) is 6.37. The number of ether oxygens (including phenoxy) is 1. The van der Waals surface area contributed by atoms with Gasteiger partial charge in [0.25, 0.3) is 5.91 Å². The van der Waals surface area contributed by atoms with Crippen LogP contribution in [0, 0.1) is 11.3 Å². The van der Waals surface area contributed by atoms with E-state index in [0.717, 1.165) is 25.5 Å². The standard InChI is InChI=1S/C25H28ClF3N4O4S/c1-14-9-16(13-24(2,3)12-14)33-21-11-19(26)18(22(34)32-38(4,35)36)10-20(21)31-23(33)30-15-5-7-17(8-6-15)37-25(27,28)29/h5-8,10-11,14,16H,9,12-13H2,1-4H3,(H,30,31)(H,32,34)/t14-,16+/m0/s1. The van der Waals surface area contributed by atoms with Gasteiger partial charge in [-0.25, -0.2) is 18.1 Å². The molecule has 2 atom stereocenters. The van der Waals surface area contributed by atoms with Crippen molar-refractivity contribution in [2.24, 2.45) is 11.3 Å². The van der Waals surface area contributed by atoms with Crippen LogP contribution < -0.4 is 14.8 Å². The predicted molar refractivity (Wildman–Crippen MR) is 139 cm³/mol. The first-order valence-corrected chi connectivity index (χ1v) is 14.1. The third kappa shape index (κ3) is 6.71. The van der Waals surface area contributed by atoms with Crippen LogP contribution in [0.25, 0.3) is 11.0 Å². The third-order valence-corrected chi connectivity index (χ3v) is 7.24. The van der Waals surface area contributed by atoms with Crippen molar-refractivity contribution < 1.29 is 31.1 Å². The molecule has 8 nitrogen and oxygen atoms in total. The monoisotopic (exact) mass is 572 g/mol. The number of alkyl halides is 3. The van der Waals surface area contributed by atoms with Gasteiger partial charge in [0.1, 0.15) is 5.75 Å². The van der Waals surface area contributed by atoms with Gasteiger partial charge in [0.15, 0.2) is 0 Å². The number of carbonyl (C=O) groups is 1. The molecule has 1 aliphatic rings. The Bertz CT molecular complexity index is 1470. The number of nitrogens with zero attached hydrogens (tertiary/aromatic N) is 2. The van der Waals surface area contributed by atoms with Crippen molar-refractivity contribution in [1.82, 2.24) is 14.3 Å². The molecule has 1 saturated carbocycles. The van der Waals surface area contributed by atoms with Gasteiger partial charge in [0, 0.05) is 11.7 Å². The van der Waals surface area contributed by atoms with Crippen LogP contribution in [0.15, 0.2) is 36.4 Å². The van der Waals surface area contributed by atoms with Crippen LogP contribution in [0.4, 0.5) is 24.8 Å². The van der Waals surface area contributed by atoms with Crippen molar-refractivity contribution in [3.63, 3.8) is 0 Å². The molecular formula is C25H28ClF3N4O4S. The molecule has 2 N–H and O–H groups in total. The Morgan fingerprint density at radius 2 is 1.84 bits per heavy atom. The first-order chi connectivity index (χ1) is 17.5. The number of hydrogen-bond acceptors (Lipinski definition) is 6. The van der Waals surface area contributed by atoms with E-state index in [1.165, 1.54) is 30.3 Å². The number of anilines is 2. The molecule has 0 aliphatic heterocycles. The number of nitrogens with one attached hydrogen (secondary N) is 2. The number of rotatable bonds is 6. The largest absolute Gasteiger partial charge is 0.573 e. The van der Waals surface area contributed by atoms with Gasteiger partial charge in [-0.2, -0.15) is 0 Å². The molecule has 4 rings (SSSR count). The first kappa shape index (κ1) is 28.0. The van der Waals surface area contributed by atoms with E-state index in [4.69, 9.17) is 11.6 Å². The zero-order valence-corrected chi connectivity index (χ0v) is 22.8. The van der Waals surface area contributed by atoms with E-state index in [-0.39, 0.29) is 27.8 Å². The predicted octanol–water partition coefficient (Wildman–Crippen LogP) is 6.41. The summed E-state index contributed by atoms with van der Waals surface area (Å²) in [5.74, 6) is -0.400.